The maximum Gasteiger partial charge on any atom is 0.430 e. The lowest BCUT2D eigenvalue weighted by molar-refractivity contribution is -0.665. The van der Waals surface area contributed by atoms with E-state index in [9.17, 15) is 26.3 Å². The molecular formula is C31H30F6N4O4. The lowest BCUT2D eigenvalue weighted by Gasteiger charge is -2.10. The first-order valence-electron chi connectivity index (χ1n) is 13.8. The lowest BCUT2D eigenvalue weighted by Crippen LogP contribution is -2.37. The third-order valence-corrected chi connectivity index (χ3v) is 6.57. The van der Waals surface area contributed by atoms with E-state index < -0.39 is 24.3 Å². The summed E-state index contributed by atoms with van der Waals surface area (Å²) < 4.78 is 67.7. The number of carbonyl (C=O) groups excluding carboxylic acids is 2. The Hall–Kier alpha value is -4.88. The fourth-order valence-corrected chi connectivity index (χ4v) is 4.45. The Kier molecular flexibility index (Phi) is 12.1. The first-order chi connectivity index (χ1) is 21.3. The molecule has 2 aliphatic rings. The van der Waals surface area contributed by atoms with Crippen LogP contribution in [-0.4, -0.2) is 37.4 Å². The Balaban J connectivity index is 0.000000331. The maximum atomic E-state index is 10.5. The number of rotatable bonds is 0. The van der Waals surface area contributed by atoms with Gasteiger partial charge in [-0.2, -0.15) is 35.5 Å². The van der Waals surface area contributed by atoms with Crippen LogP contribution in [0.2, 0.25) is 0 Å². The molecule has 4 aromatic rings. The number of hydrogen-bond acceptors (Lipinski definition) is 6. The molecule has 0 radical (unpaired) electrons. The molecule has 0 spiro atoms. The molecular weight excluding hydrogens is 606 g/mol. The number of benzene rings is 2. The van der Waals surface area contributed by atoms with Gasteiger partial charge in [-0.25, -0.2) is 0 Å². The highest BCUT2D eigenvalue weighted by atomic mass is 19.4. The van der Waals surface area contributed by atoms with Crippen LogP contribution in [0.15, 0.2) is 85.2 Å². The van der Waals surface area contributed by atoms with Crippen LogP contribution in [0.1, 0.15) is 19.3 Å². The number of alkyl halides is 6. The number of aliphatic carboxylic acids is 2. The number of carboxylic acid groups (broad SMARTS) is 2. The van der Waals surface area contributed by atoms with Crippen molar-refractivity contribution in [2.45, 2.75) is 44.7 Å². The number of nitrogens with zero attached hydrogens (tertiary/aromatic N) is 2. The van der Waals surface area contributed by atoms with Crippen molar-refractivity contribution in [3.63, 3.8) is 0 Å². The molecule has 2 aliphatic heterocycles. The van der Waals surface area contributed by atoms with Crippen molar-refractivity contribution in [3.05, 3.63) is 85.2 Å². The van der Waals surface area contributed by atoms with Gasteiger partial charge in [-0.15, -0.1) is 0 Å². The Labute approximate surface area is 254 Å². The molecule has 4 heterocycles. The molecule has 14 heteroatoms. The van der Waals surface area contributed by atoms with E-state index in [2.05, 4.69) is 105 Å². The summed E-state index contributed by atoms with van der Waals surface area (Å²) in [6.45, 7) is 3.72. The minimum Gasteiger partial charge on any atom is -0.542 e. The number of anilines is 2. The second-order valence-corrected chi connectivity index (χ2v) is 9.75. The highest BCUT2D eigenvalue weighted by Crippen LogP contribution is 2.22. The molecule has 0 saturated carbocycles. The van der Waals surface area contributed by atoms with Crippen molar-refractivity contribution in [1.82, 2.24) is 0 Å². The van der Waals surface area contributed by atoms with Gasteiger partial charge in [0.1, 0.15) is 11.9 Å². The molecule has 2 aromatic carbocycles. The first kappa shape index (κ1) is 34.6. The normalized spacial score (nSPS) is 14.7. The van der Waals surface area contributed by atoms with Gasteiger partial charge in [0.15, 0.2) is 25.5 Å². The molecule has 0 aliphatic carbocycles. The fourth-order valence-electron chi connectivity index (χ4n) is 4.45. The molecule has 2 N–H and O–H groups in total. The zero-order valence-corrected chi connectivity index (χ0v) is 23.8. The number of hydrogen-bond donors (Lipinski definition) is 2. The number of pyridine rings is 2. The number of carbonyl (C=O) groups is 2. The van der Waals surface area contributed by atoms with Gasteiger partial charge < -0.3 is 30.4 Å². The number of aromatic nitrogens is 2. The van der Waals surface area contributed by atoms with E-state index in [1.165, 1.54) is 52.4 Å². The number of allylic oxidation sites excluding steroid dienone is 2. The highest BCUT2D eigenvalue weighted by molar-refractivity contribution is 5.89. The lowest BCUT2D eigenvalue weighted by atomic mass is 10.1. The largest absolute Gasteiger partial charge is 0.542 e. The zero-order valence-electron chi connectivity index (χ0n) is 23.8. The Morgan fingerprint density at radius 3 is 1.31 bits per heavy atom. The van der Waals surface area contributed by atoms with E-state index in [-0.39, 0.29) is 0 Å². The van der Waals surface area contributed by atoms with Crippen molar-refractivity contribution in [2.75, 3.05) is 23.7 Å². The van der Waals surface area contributed by atoms with E-state index in [1.807, 2.05) is 0 Å². The fraction of sp³-hybridized carbons (Fsp3) is 0.290. The number of fused-ring (bicyclic) bond motifs is 10. The van der Waals surface area contributed by atoms with Crippen LogP contribution in [0.4, 0.5) is 37.7 Å². The second-order valence-electron chi connectivity index (χ2n) is 9.75. The monoisotopic (exact) mass is 636 g/mol. The summed E-state index contributed by atoms with van der Waals surface area (Å²) in [7, 11) is 0. The molecule has 240 valence electrons. The quantitative estimate of drug-likeness (QED) is 0.174. The molecule has 0 saturated heterocycles. The van der Waals surface area contributed by atoms with Crippen molar-refractivity contribution < 1.29 is 55.3 Å². The van der Waals surface area contributed by atoms with Crippen LogP contribution in [-0.2, 0) is 22.7 Å². The Bertz CT molecular complexity index is 1520. The summed E-state index contributed by atoms with van der Waals surface area (Å²) >= 11 is 0. The predicted octanol–water partition coefficient (Wildman–Crippen LogP) is 3.43. The van der Waals surface area contributed by atoms with E-state index in [0.29, 0.717) is 0 Å². The number of carboxylic acids is 2. The van der Waals surface area contributed by atoms with Crippen molar-refractivity contribution in [2.24, 2.45) is 0 Å². The standard InChI is InChI=1S/C27H28N4.2C2HF3O2/c1-6-16-28-24-14-20-30(26-12-4-2-10-22(24)26)18-8-9-19-31-21-15-25(29-17-7-1)23-11-3-5-13-27(23)31;2*3-2(4,5)1(6)7/h2-5,8-15,20-21H,1,6-7,16-19H2;2*(H,6,7)/b9-8+,28-24?,29-25?;;. The molecule has 0 fully saturated rings. The summed E-state index contributed by atoms with van der Waals surface area (Å²) in [5, 5.41) is 27.5. The maximum absolute atomic E-state index is 10.5. The van der Waals surface area contributed by atoms with E-state index >= 15 is 0 Å². The summed E-state index contributed by atoms with van der Waals surface area (Å²) in [5.41, 5.74) is 4.99. The van der Waals surface area contributed by atoms with Gasteiger partial charge in [0.05, 0.1) is 22.1 Å². The molecule has 0 amide bonds. The average molecular weight is 637 g/mol. The Morgan fingerprint density at radius 2 is 0.956 bits per heavy atom. The van der Waals surface area contributed by atoms with Crippen LogP contribution in [0.25, 0.3) is 21.8 Å². The van der Waals surface area contributed by atoms with Gasteiger partial charge in [0, 0.05) is 37.4 Å². The zero-order chi connectivity index (χ0) is 33.0. The van der Waals surface area contributed by atoms with Gasteiger partial charge in [-0.1, -0.05) is 24.3 Å². The van der Waals surface area contributed by atoms with Crippen molar-refractivity contribution in [3.8, 4) is 0 Å². The van der Waals surface area contributed by atoms with Crippen LogP contribution in [0.5, 0.6) is 0 Å². The summed E-state index contributed by atoms with van der Waals surface area (Å²) in [6, 6.07) is 21.8. The van der Waals surface area contributed by atoms with Crippen LogP contribution >= 0.6 is 0 Å². The third kappa shape index (κ3) is 10.4. The minimum atomic E-state index is -5.19. The molecule has 0 atom stereocenters. The highest BCUT2D eigenvalue weighted by Gasteiger charge is 2.29. The van der Waals surface area contributed by atoms with Crippen LogP contribution < -0.4 is 30.0 Å². The molecule has 4 bridgehead atoms. The average Bonchev–Trinajstić information content (AvgIpc) is 2.99. The third-order valence-electron chi connectivity index (χ3n) is 6.57. The van der Waals surface area contributed by atoms with Gasteiger partial charge in [0.2, 0.25) is 11.0 Å². The number of halogens is 6. The molecule has 45 heavy (non-hydrogen) atoms. The van der Waals surface area contributed by atoms with Crippen molar-refractivity contribution in [1.29, 1.82) is 0 Å². The van der Waals surface area contributed by atoms with Gasteiger partial charge in [0.25, 0.3) is 0 Å². The van der Waals surface area contributed by atoms with Crippen molar-refractivity contribution >= 4 is 45.1 Å². The smallest absolute Gasteiger partial charge is 0.430 e. The van der Waals surface area contributed by atoms with E-state index in [1.54, 1.807) is 0 Å². The van der Waals surface area contributed by atoms with Crippen LogP contribution in [0.3, 0.4) is 0 Å². The number of nitrogens with one attached hydrogen (secondary N) is 2. The van der Waals surface area contributed by atoms with E-state index in [4.69, 9.17) is 19.8 Å². The van der Waals surface area contributed by atoms with Crippen LogP contribution in [0, 0.1) is 0 Å². The Morgan fingerprint density at radius 1 is 0.600 bits per heavy atom. The number of para-hydroxylation sites is 2. The molecule has 6 rings (SSSR count). The first-order valence-corrected chi connectivity index (χ1v) is 13.8. The summed E-state index contributed by atoms with van der Waals surface area (Å²) in [4.78, 5) is 17.6. The van der Waals surface area contributed by atoms with E-state index in [0.717, 1.165) is 26.2 Å². The second kappa shape index (κ2) is 15.7. The topological polar surface area (TPSA) is 112 Å². The molecule has 8 nitrogen and oxygen atoms in total. The van der Waals surface area contributed by atoms with Gasteiger partial charge in [-0.05, 0) is 43.5 Å². The summed E-state index contributed by atoms with van der Waals surface area (Å²) in [6.07, 6.45) is 2.09. The van der Waals surface area contributed by atoms with Gasteiger partial charge >= 0.3 is 12.4 Å². The molecule has 0 unspecified atom stereocenters. The molecule has 2 aromatic heterocycles. The summed E-state index contributed by atoms with van der Waals surface area (Å²) in [5.74, 6) is -6.01. The van der Waals surface area contributed by atoms with Gasteiger partial charge in [-0.3, -0.25) is 0 Å². The predicted molar refractivity (Wildman–Crippen MR) is 150 cm³/mol. The minimum absolute atomic E-state index is 0.860. The SMILES string of the molecule is C1=C/C[n+]2ccc(c3ccccc32)NCCCCCNc2cc[n+](c3ccccc23)C/1.O=C([O-])C(F)(F)F.O=C([O-])C(F)(F)F.